The number of esters is 2. The summed E-state index contributed by atoms with van der Waals surface area (Å²) in [7, 11) is -4.37. The first kappa shape index (κ1) is 67.2. The zero-order valence-electron chi connectivity index (χ0n) is 45.3. The van der Waals surface area contributed by atoms with Crippen LogP contribution >= 0.6 is 7.82 Å². The van der Waals surface area contributed by atoms with Gasteiger partial charge in [-0.25, -0.2) is 4.57 Å². The zero-order valence-corrected chi connectivity index (χ0v) is 46.2. The molecule has 0 amide bonds. The van der Waals surface area contributed by atoms with E-state index in [0.29, 0.717) is 6.42 Å². The summed E-state index contributed by atoms with van der Waals surface area (Å²) in [5.41, 5.74) is 5.35. The lowest BCUT2D eigenvalue weighted by atomic mass is 10.0. The van der Waals surface area contributed by atoms with Crippen molar-refractivity contribution in [3.8, 4) is 0 Å². The van der Waals surface area contributed by atoms with E-state index in [1.54, 1.807) is 0 Å². The number of carbonyl (C=O) groups excluding carboxylic acids is 2. The Balaban J connectivity index is 3.63. The Bertz CT molecular complexity index is 1220. The normalized spacial score (nSPS) is 13.3. The minimum atomic E-state index is -4.37. The van der Waals surface area contributed by atoms with Gasteiger partial charge in [0.05, 0.1) is 13.2 Å². The summed E-state index contributed by atoms with van der Waals surface area (Å²) in [4.78, 5) is 34.8. The Morgan fingerprint density at radius 3 is 1.12 bits per heavy atom. The fourth-order valence-electron chi connectivity index (χ4n) is 8.65. The maximum absolute atomic E-state index is 12.6. The van der Waals surface area contributed by atoms with Crippen LogP contribution in [-0.2, 0) is 32.7 Å². The van der Waals surface area contributed by atoms with Gasteiger partial charge in [0.2, 0.25) is 0 Å². The number of unbranched alkanes of at least 4 members (excludes halogenated alkanes) is 37. The Hall–Kier alpha value is -1.77. The molecule has 0 spiro atoms. The summed E-state index contributed by atoms with van der Waals surface area (Å²) in [6.07, 6.45) is 67.1. The van der Waals surface area contributed by atoms with Crippen LogP contribution in [0.25, 0.3) is 0 Å². The van der Waals surface area contributed by atoms with Crippen LogP contribution in [0.15, 0.2) is 36.5 Å². The third-order valence-electron chi connectivity index (χ3n) is 13.0. The van der Waals surface area contributed by atoms with Crippen molar-refractivity contribution in [1.29, 1.82) is 0 Å². The molecule has 0 aromatic heterocycles. The number of nitrogens with two attached hydrogens (primary N) is 1. The standard InChI is InChI=1S/C59H112NO8P/c1-3-5-7-9-11-12-13-14-15-16-17-18-19-20-21-22-23-24-25-26-27-28-29-30-31-32-33-34-35-36-37-38-39-40-41-42-43-44-46-48-50-52-59(62)68-57(56-67-69(63,64)66-54-53-60)55-65-58(61)51-49-47-45-10-8-6-4-2/h13-14,16-17,19-20,57H,3-12,15,18,21-56,60H2,1-2H3,(H,63,64)/b14-13-,17-16-,20-19-. The SMILES string of the molecule is CCCCCCC/C=C\C/C=C\C/C=C\CCCCCCCCCCCCCCCCCCCCCCCCCCCCC(=O)OC(COC(=O)CCCCCCCCC)COP(=O)(O)OCCN. The van der Waals surface area contributed by atoms with Crippen LogP contribution in [0.3, 0.4) is 0 Å². The average molecular weight is 995 g/mol. The second-order valence-electron chi connectivity index (χ2n) is 19.9. The summed E-state index contributed by atoms with van der Waals surface area (Å²) in [6, 6.07) is 0. The van der Waals surface area contributed by atoms with E-state index in [9.17, 15) is 19.0 Å². The number of allylic oxidation sites excluding steroid dienone is 6. The summed E-state index contributed by atoms with van der Waals surface area (Å²) in [6.45, 7) is 3.70. The number of ether oxygens (including phenoxy) is 2. The topological polar surface area (TPSA) is 134 Å². The smallest absolute Gasteiger partial charge is 0.462 e. The number of hydrogen-bond donors (Lipinski definition) is 2. The molecule has 2 atom stereocenters. The van der Waals surface area contributed by atoms with Gasteiger partial charge in [-0.15, -0.1) is 0 Å². The van der Waals surface area contributed by atoms with Crippen molar-refractivity contribution in [3.63, 3.8) is 0 Å². The molecule has 0 heterocycles. The first-order valence-corrected chi connectivity index (χ1v) is 31.0. The minimum absolute atomic E-state index is 0.0561. The molecular formula is C59H112NO8P. The quantitative estimate of drug-likeness (QED) is 0.0264. The van der Waals surface area contributed by atoms with Gasteiger partial charge in [0.1, 0.15) is 6.61 Å². The lowest BCUT2D eigenvalue weighted by Gasteiger charge is -2.19. The van der Waals surface area contributed by atoms with Crippen LogP contribution in [0, 0.1) is 0 Å². The zero-order chi connectivity index (χ0) is 50.2. The summed E-state index contributed by atoms with van der Waals surface area (Å²) in [5.74, 6) is -0.822. The molecule has 0 saturated heterocycles. The van der Waals surface area contributed by atoms with Gasteiger partial charge in [-0.3, -0.25) is 18.6 Å². The van der Waals surface area contributed by atoms with Crippen LogP contribution in [0.2, 0.25) is 0 Å². The Kier molecular flexibility index (Phi) is 54.1. The molecule has 0 aromatic rings. The van der Waals surface area contributed by atoms with E-state index < -0.39 is 26.5 Å². The number of hydrogen-bond acceptors (Lipinski definition) is 8. The van der Waals surface area contributed by atoms with E-state index >= 15 is 0 Å². The number of rotatable bonds is 56. The number of phosphoric ester groups is 1. The molecule has 0 saturated carbocycles. The molecule has 0 aliphatic carbocycles. The van der Waals surface area contributed by atoms with Gasteiger partial charge in [0.15, 0.2) is 6.10 Å². The molecule has 0 bridgehead atoms. The highest BCUT2D eigenvalue weighted by atomic mass is 31.2. The molecule has 2 unspecified atom stereocenters. The van der Waals surface area contributed by atoms with E-state index in [1.165, 1.54) is 218 Å². The van der Waals surface area contributed by atoms with E-state index in [0.717, 1.165) is 44.9 Å². The van der Waals surface area contributed by atoms with Crippen molar-refractivity contribution in [2.75, 3.05) is 26.4 Å². The van der Waals surface area contributed by atoms with Crippen molar-refractivity contribution in [1.82, 2.24) is 0 Å². The molecular weight excluding hydrogens is 882 g/mol. The first-order valence-electron chi connectivity index (χ1n) is 29.5. The van der Waals surface area contributed by atoms with Gasteiger partial charge < -0.3 is 20.1 Å². The van der Waals surface area contributed by atoms with Gasteiger partial charge >= 0.3 is 19.8 Å². The lowest BCUT2D eigenvalue weighted by molar-refractivity contribution is -0.161. The van der Waals surface area contributed by atoms with Crippen molar-refractivity contribution in [2.24, 2.45) is 5.73 Å². The fraction of sp³-hybridized carbons (Fsp3) is 0.864. The molecule has 0 radical (unpaired) electrons. The molecule has 9 nitrogen and oxygen atoms in total. The Labute approximate surface area is 426 Å². The van der Waals surface area contributed by atoms with Gasteiger partial charge in [-0.1, -0.05) is 269 Å². The maximum Gasteiger partial charge on any atom is 0.472 e. The molecule has 0 fully saturated rings. The van der Waals surface area contributed by atoms with Crippen LogP contribution < -0.4 is 5.73 Å². The van der Waals surface area contributed by atoms with Gasteiger partial charge in [-0.05, 0) is 51.4 Å². The molecule has 0 aromatic carbocycles. The minimum Gasteiger partial charge on any atom is -0.462 e. The highest BCUT2D eigenvalue weighted by Gasteiger charge is 2.26. The van der Waals surface area contributed by atoms with E-state index in [2.05, 4.69) is 50.3 Å². The lowest BCUT2D eigenvalue weighted by Crippen LogP contribution is -2.29. The van der Waals surface area contributed by atoms with Crippen LogP contribution in [0.5, 0.6) is 0 Å². The average Bonchev–Trinajstić information content (AvgIpc) is 3.34. The Morgan fingerprint density at radius 2 is 0.754 bits per heavy atom. The van der Waals surface area contributed by atoms with Crippen molar-refractivity contribution in [3.05, 3.63) is 36.5 Å². The van der Waals surface area contributed by atoms with E-state index in [1.807, 2.05) is 0 Å². The van der Waals surface area contributed by atoms with Crippen LogP contribution in [-0.4, -0.2) is 49.3 Å². The van der Waals surface area contributed by atoms with Gasteiger partial charge in [0, 0.05) is 19.4 Å². The predicted octanol–water partition coefficient (Wildman–Crippen LogP) is 18.4. The highest BCUT2D eigenvalue weighted by molar-refractivity contribution is 7.47. The van der Waals surface area contributed by atoms with Crippen LogP contribution in [0.4, 0.5) is 0 Å². The van der Waals surface area contributed by atoms with E-state index in [4.69, 9.17) is 24.3 Å². The third kappa shape index (κ3) is 55.4. The summed E-state index contributed by atoms with van der Waals surface area (Å²) < 4.78 is 32.8. The van der Waals surface area contributed by atoms with Crippen molar-refractivity contribution >= 4 is 19.8 Å². The fourth-order valence-corrected chi connectivity index (χ4v) is 9.41. The molecule has 0 rings (SSSR count). The van der Waals surface area contributed by atoms with Gasteiger partial charge in [0.25, 0.3) is 0 Å². The highest BCUT2D eigenvalue weighted by Crippen LogP contribution is 2.43. The second-order valence-corrected chi connectivity index (χ2v) is 21.3. The summed E-state index contributed by atoms with van der Waals surface area (Å²) >= 11 is 0. The monoisotopic (exact) mass is 994 g/mol. The summed E-state index contributed by atoms with van der Waals surface area (Å²) in [5, 5.41) is 0. The van der Waals surface area contributed by atoms with Crippen LogP contribution in [0.1, 0.15) is 296 Å². The molecule has 0 aliphatic rings. The molecule has 10 heteroatoms. The Morgan fingerprint density at radius 1 is 0.435 bits per heavy atom. The van der Waals surface area contributed by atoms with Crippen molar-refractivity contribution < 1.29 is 37.6 Å². The van der Waals surface area contributed by atoms with Gasteiger partial charge in [-0.2, -0.15) is 0 Å². The van der Waals surface area contributed by atoms with E-state index in [-0.39, 0.29) is 38.6 Å². The second kappa shape index (κ2) is 55.5. The largest absolute Gasteiger partial charge is 0.472 e. The maximum atomic E-state index is 12.6. The number of phosphoric acid groups is 1. The molecule has 0 aliphatic heterocycles. The molecule has 406 valence electrons. The first-order chi connectivity index (χ1) is 33.8. The number of carbonyl (C=O) groups is 2. The predicted molar refractivity (Wildman–Crippen MR) is 294 cm³/mol. The molecule has 3 N–H and O–H groups in total. The molecule has 69 heavy (non-hydrogen) atoms. The third-order valence-corrected chi connectivity index (χ3v) is 14.0. The van der Waals surface area contributed by atoms with Crippen molar-refractivity contribution in [2.45, 2.75) is 302 Å².